The number of aromatic nitrogens is 1. The molecule has 4 rings (SSSR count). The van der Waals surface area contributed by atoms with E-state index in [2.05, 4.69) is 5.32 Å². The predicted octanol–water partition coefficient (Wildman–Crippen LogP) is 4.86. The molecule has 0 spiro atoms. The van der Waals surface area contributed by atoms with E-state index in [1.807, 2.05) is 71.6 Å². The zero-order valence-corrected chi connectivity index (χ0v) is 17.6. The molecule has 7 heteroatoms. The van der Waals surface area contributed by atoms with Crippen LogP contribution in [0.25, 0.3) is 21.8 Å². The first kappa shape index (κ1) is 20.3. The van der Waals surface area contributed by atoms with Gasteiger partial charge in [0.15, 0.2) is 6.73 Å². The van der Waals surface area contributed by atoms with E-state index in [0.29, 0.717) is 5.75 Å². The molecular formula is C24H23N3O4. The van der Waals surface area contributed by atoms with Crippen LogP contribution in [0.2, 0.25) is 0 Å². The van der Waals surface area contributed by atoms with E-state index in [4.69, 9.17) is 19.2 Å². The van der Waals surface area contributed by atoms with Crippen LogP contribution in [0, 0.1) is 0 Å². The largest absolute Gasteiger partial charge is 0.497 e. The number of hydrogen-bond donors (Lipinski definition) is 1. The second-order valence-corrected chi connectivity index (χ2v) is 6.80. The molecule has 0 bridgehead atoms. The number of anilines is 2. The van der Waals surface area contributed by atoms with E-state index >= 15 is 0 Å². The summed E-state index contributed by atoms with van der Waals surface area (Å²) >= 11 is 0. The lowest BCUT2D eigenvalue weighted by molar-refractivity contribution is 0.151. The molecule has 0 saturated heterocycles. The molecule has 1 aromatic heterocycles. The van der Waals surface area contributed by atoms with Gasteiger partial charge in [-0.3, -0.25) is 0 Å². The molecule has 0 aliphatic carbocycles. The van der Waals surface area contributed by atoms with Crippen LogP contribution in [0.4, 0.5) is 16.2 Å². The minimum atomic E-state index is -0.520. The fourth-order valence-electron chi connectivity index (χ4n) is 3.49. The second kappa shape index (κ2) is 8.79. The maximum atomic E-state index is 11.8. The Kier molecular flexibility index (Phi) is 5.75. The van der Waals surface area contributed by atoms with Crippen LogP contribution in [-0.4, -0.2) is 39.1 Å². The van der Waals surface area contributed by atoms with Crippen molar-refractivity contribution in [1.29, 1.82) is 0 Å². The van der Waals surface area contributed by atoms with Gasteiger partial charge in [0.25, 0.3) is 0 Å². The van der Waals surface area contributed by atoms with E-state index in [9.17, 15) is 4.79 Å². The van der Waals surface area contributed by atoms with Crippen LogP contribution in [0.5, 0.6) is 11.5 Å². The second-order valence-electron chi connectivity index (χ2n) is 6.80. The number of nitrogens with zero attached hydrogens (tertiary/aromatic N) is 2. The van der Waals surface area contributed by atoms with Crippen molar-refractivity contribution in [3.05, 3.63) is 66.7 Å². The molecule has 0 unspecified atom stereocenters. The van der Waals surface area contributed by atoms with Gasteiger partial charge < -0.3 is 24.4 Å². The topological polar surface area (TPSA) is 72.9 Å². The molecule has 0 atom stereocenters. The normalized spacial score (nSPS) is 10.7. The quantitative estimate of drug-likeness (QED) is 0.357. The van der Waals surface area contributed by atoms with Crippen molar-refractivity contribution in [2.45, 2.75) is 0 Å². The third-order valence-electron chi connectivity index (χ3n) is 5.02. The third-order valence-corrected chi connectivity index (χ3v) is 5.02. The SMILES string of the molecule is CNC(=O)OCN(c1ccccc1)c1c(OC)ccc2nc3ccc(OC)cc3cc12. The molecular weight excluding hydrogens is 394 g/mol. The number of fused-ring (bicyclic) bond motifs is 2. The Bertz CT molecular complexity index is 1230. The number of nitrogens with one attached hydrogen (secondary N) is 1. The molecule has 0 saturated carbocycles. The first-order valence-corrected chi connectivity index (χ1v) is 9.77. The van der Waals surface area contributed by atoms with Gasteiger partial charge in [-0.05, 0) is 48.5 Å². The summed E-state index contributed by atoms with van der Waals surface area (Å²) in [6.45, 7) is -0.00465. The maximum absolute atomic E-state index is 11.8. The fourth-order valence-corrected chi connectivity index (χ4v) is 3.49. The number of para-hydroxylation sites is 1. The van der Waals surface area contributed by atoms with Gasteiger partial charge in [-0.25, -0.2) is 9.78 Å². The lowest BCUT2D eigenvalue weighted by Gasteiger charge is -2.27. The van der Waals surface area contributed by atoms with E-state index in [0.717, 1.165) is 38.9 Å². The lowest BCUT2D eigenvalue weighted by atomic mass is 10.1. The van der Waals surface area contributed by atoms with Crippen molar-refractivity contribution in [1.82, 2.24) is 10.3 Å². The molecule has 0 fully saturated rings. The van der Waals surface area contributed by atoms with Crippen molar-refractivity contribution in [3.8, 4) is 11.5 Å². The summed E-state index contributed by atoms with van der Waals surface area (Å²) in [5.74, 6) is 1.39. The highest BCUT2D eigenvalue weighted by Gasteiger charge is 2.20. The molecule has 7 nitrogen and oxygen atoms in total. The van der Waals surface area contributed by atoms with Crippen LogP contribution < -0.4 is 19.7 Å². The van der Waals surface area contributed by atoms with E-state index < -0.39 is 6.09 Å². The van der Waals surface area contributed by atoms with Crippen molar-refractivity contribution in [2.75, 3.05) is 32.9 Å². The van der Waals surface area contributed by atoms with Crippen LogP contribution in [0.3, 0.4) is 0 Å². The number of methoxy groups -OCH3 is 2. The summed E-state index contributed by atoms with van der Waals surface area (Å²) in [5.41, 5.74) is 3.27. The first-order valence-electron chi connectivity index (χ1n) is 9.77. The molecule has 3 aromatic carbocycles. The molecule has 1 N–H and O–H groups in total. The Morgan fingerprint density at radius 1 is 0.968 bits per heavy atom. The smallest absolute Gasteiger partial charge is 0.408 e. The summed E-state index contributed by atoms with van der Waals surface area (Å²) in [6, 6.07) is 21.3. The standard InChI is InChI=1S/C24H23N3O4/c1-25-24(28)31-15-27(17-7-5-4-6-8-17)23-19-14-16-13-18(29-2)9-10-20(16)26-21(19)11-12-22(23)30-3/h4-14H,15H2,1-3H3,(H,25,28). The zero-order valence-electron chi connectivity index (χ0n) is 17.6. The van der Waals surface area contributed by atoms with Gasteiger partial charge in [0.1, 0.15) is 11.5 Å². The van der Waals surface area contributed by atoms with Crippen LogP contribution in [-0.2, 0) is 4.74 Å². The average Bonchev–Trinajstić information content (AvgIpc) is 2.82. The number of carbonyl (C=O) groups excluding carboxylic acids is 1. The van der Waals surface area contributed by atoms with Crippen LogP contribution in [0.1, 0.15) is 0 Å². The minimum Gasteiger partial charge on any atom is -0.497 e. The summed E-state index contributed by atoms with van der Waals surface area (Å²) in [6.07, 6.45) is -0.520. The highest BCUT2D eigenvalue weighted by Crippen LogP contribution is 2.41. The molecule has 31 heavy (non-hydrogen) atoms. The number of pyridine rings is 1. The van der Waals surface area contributed by atoms with E-state index in [-0.39, 0.29) is 6.73 Å². The number of benzene rings is 3. The van der Waals surface area contributed by atoms with E-state index in [1.54, 1.807) is 14.2 Å². The molecule has 1 heterocycles. The fraction of sp³-hybridized carbons (Fsp3) is 0.167. The number of hydrogen-bond acceptors (Lipinski definition) is 6. The number of carbonyl (C=O) groups is 1. The number of ether oxygens (including phenoxy) is 3. The zero-order chi connectivity index (χ0) is 21.8. The van der Waals surface area contributed by atoms with Crippen LogP contribution >= 0.6 is 0 Å². The van der Waals surface area contributed by atoms with Gasteiger partial charge in [0, 0.05) is 23.5 Å². The number of rotatable bonds is 6. The van der Waals surface area contributed by atoms with Gasteiger partial charge in [-0.15, -0.1) is 0 Å². The summed E-state index contributed by atoms with van der Waals surface area (Å²) in [7, 11) is 4.78. The molecule has 0 aliphatic heterocycles. The summed E-state index contributed by atoms with van der Waals surface area (Å²) < 4.78 is 16.5. The number of amides is 1. The first-order chi connectivity index (χ1) is 15.1. The molecule has 1 amide bonds. The molecule has 0 radical (unpaired) electrons. The Morgan fingerprint density at radius 3 is 2.45 bits per heavy atom. The van der Waals surface area contributed by atoms with Gasteiger partial charge >= 0.3 is 6.09 Å². The molecule has 4 aromatic rings. The van der Waals surface area contributed by atoms with Crippen molar-refractivity contribution >= 4 is 39.3 Å². The molecule has 158 valence electrons. The maximum Gasteiger partial charge on any atom is 0.408 e. The van der Waals surface area contributed by atoms with Crippen molar-refractivity contribution < 1.29 is 19.0 Å². The lowest BCUT2D eigenvalue weighted by Crippen LogP contribution is -2.28. The predicted molar refractivity (Wildman–Crippen MR) is 121 cm³/mol. The third kappa shape index (κ3) is 4.02. The highest BCUT2D eigenvalue weighted by atomic mass is 16.6. The number of alkyl carbamates (subject to hydrolysis) is 1. The van der Waals surface area contributed by atoms with Gasteiger partial charge in [-0.2, -0.15) is 0 Å². The Balaban J connectivity index is 1.95. The van der Waals surface area contributed by atoms with Gasteiger partial charge in [0.05, 0.1) is 30.9 Å². The summed E-state index contributed by atoms with van der Waals surface area (Å²) in [4.78, 5) is 18.5. The summed E-state index contributed by atoms with van der Waals surface area (Å²) in [5, 5.41) is 4.28. The van der Waals surface area contributed by atoms with Crippen molar-refractivity contribution in [2.24, 2.45) is 0 Å². The minimum absolute atomic E-state index is 0.00465. The highest BCUT2D eigenvalue weighted by molar-refractivity contribution is 6.03. The van der Waals surface area contributed by atoms with Crippen LogP contribution in [0.15, 0.2) is 66.7 Å². The Morgan fingerprint density at radius 2 is 1.74 bits per heavy atom. The van der Waals surface area contributed by atoms with Crippen molar-refractivity contribution in [3.63, 3.8) is 0 Å². The van der Waals surface area contributed by atoms with Gasteiger partial charge in [0.2, 0.25) is 0 Å². The Hall–Kier alpha value is -4.00. The van der Waals surface area contributed by atoms with Gasteiger partial charge in [-0.1, -0.05) is 18.2 Å². The van der Waals surface area contributed by atoms with E-state index in [1.165, 1.54) is 7.05 Å². The molecule has 0 aliphatic rings. The Labute approximate surface area is 180 Å². The monoisotopic (exact) mass is 417 g/mol. The average molecular weight is 417 g/mol.